The van der Waals surface area contributed by atoms with Crippen LogP contribution in [0.3, 0.4) is 0 Å². The van der Waals surface area contributed by atoms with Gasteiger partial charge in [-0.25, -0.2) is 4.98 Å². The van der Waals surface area contributed by atoms with E-state index >= 15 is 0 Å². The van der Waals surface area contributed by atoms with E-state index in [4.69, 9.17) is 0 Å². The molecule has 0 saturated carbocycles. The second kappa shape index (κ2) is 5.23. The lowest BCUT2D eigenvalue weighted by molar-refractivity contribution is -0.142. The summed E-state index contributed by atoms with van der Waals surface area (Å²) < 4.78 is 4.48. The number of esters is 1. The topological polar surface area (TPSA) is 59.4 Å². The molecule has 1 rings (SSSR count). The average Bonchev–Trinajstić information content (AvgIpc) is 2.66. The highest BCUT2D eigenvalue weighted by Gasteiger charge is 2.16. The second-order valence-corrected chi connectivity index (χ2v) is 4.65. The molecule has 1 aromatic rings. The zero-order valence-corrected chi connectivity index (χ0v) is 9.87. The molecule has 0 aromatic carbocycles. The Labute approximate surface area is 92.9 Å². The van der Waals surface area contributed by atoms with Crippen LogP contribution in [-0.2, 0) is 9.53 Å². The molecule has 0 amide bonds. The molecule has 15 heavy (non-hydrogen) atoms. The lowest BCUT2D eigenvalue weighted by Crippen LogP contribution is -2.06. The van der Waals surface area contributed by atoms with Crippen LogP contribution in [0.2, 0.25) is 0 Å². The molecule has 1 aromatic heterocycles. The highest BCUT2D eigenvalue weighted by Crippen LogP contribution is 2.27. The predicted octanol–water partition coefficient (Wildman–Crippen LogP) is 1.86. The summed E-state index contributed by atoms with van der Waals surface area (Å²) in [5.41, 5.74) is 0. The molecule has 0 spiro atoms. The van der Waals surface area contributed by atoms with Crippen LogP contribution < -0.4 is 0 Å². The molecule has 5 heteroatoms. The van der Waals surface area contributed by atoms with Crippen LogP contribution in [0.5, 0.6) is 0 Å². The maximum atomic E-state index is 10.9. The van der Waals surface area contributed by atoms with Gasteiger partial charge < -0.3 is 9.84 Å². The molecule has 0 aliphatic carbocycles. The average molecular weight is 229 g/mol. The van der Waals surface area contributed by atoms with Gasteiger partial charge in [0.1, 0.15) is 6.10 Å². The number of aliphatic hydroxyl groups excluding tert-OH is 1. The van der Waals surface area contributed by atoms with E-state index in [0.29, 0.717) is 10.8 Å². The molecule has 0 radical (unpaired) electrons. The van der Waals surface area contributed by atoms with Crippen LogP contribution in [0.15, 0.2) is 6.20 Å². The molecule has 1 heterocycles. The zero-order valence-electron chi connectivity index (χ0n) is 9.06. The quantitative estimate of drug-likeness (QED) is 0.801. The van der Waals surface area contributed by atoms with Gasteiger partial charge in [-0.3, -0.25) is 4.79 Å². The number of carbonyl (C=O) groups is 1. The van der Waals surface area contributed by atoms with Crippen molar-refractivity contribution in [3.8, 4) is 0 Å². The minimum Gasteiger partial charge on any atom is -0.469 e. The number of hydrogen-bond donors (Lipinski definition) is 1. The normalized spacial score (nSPS) is 12.9. The first-order valence-electron chi connectivity index (χ1n) is 4.75. The van der Waals surface area contributed by atoms with Gasteiger partial charge in [-0.15, -0.1) is 11.3 Å². The summed E-state index contributed by atoms with van der Waals surface area (Å²) in [6.45, 7) is 4.07. The third kappa shape index (κ3) is 3.28. The van der Waals surface area contributed by atoms with Gasteiger partial charge in [0.2, 0.25) is 0 Å². The van der Waals surface area contributed by atoms with E-state index in [1.54, 1.807) is 6.20 Å². The van der Waals surface area contributed by atoms with Gasteiger partial charge in [-0.2, -0.15) is 0 Å². The van der Waals surface area contributed by atoms with E-state index < -0.39 is 12.1 Å². The predicted molar refractivity (Wildman–Crippen MR) is 57.8 cm³/mol. The van der Waals surface area contributed by atoms with E-state index in [-0.39, 0.29) is 6.42 Å². The summed E-state index contributed by atoms with van der Waals surface area (Å²) >= 11 is 1.43. The molecule has 0 bridgehead atoms. The minimum absolute atomic E-state index is 0.0176. The largest absolute Gasteiger partial charge is 0.469 e. The first-order chi connectivity index (χ1) is 7.04. The lowest BCUT2D eigenvalue weighted by atomic mass is 10.2. The Kier molecular flexibility index (Phi) is 4.23. The highest BCUT2D eigenvalue weighted by atomic mass is 32.1. The van der Waals surface area contributed by atoms with Crippen molar-refractivity contribution in [3.63, 3.8) is 0 Å². The molecule has 0 fully saturated rings. The molecule has 84 valence electrons. The summed E-state index contributed by atoms with van der Waals surface area (Å²) in [6, 6.07) is 0. The number of carbonyl (C=O) groups excluding carboxylic acids is 1. The van der Waals surface area contributed by atoms with Gasteiger partial charge in [-0.1, -0.05) is 13.8 Å². The van der Waals surface area contributed by atoms with Crippen molar-refractivity contribution >= 4 is 17.3 Å². The number of ether oxygens (including phenoxy) is 1. The number of aromatic nitrogens is 1. The van der Waals surface area contributed by atoms with Gasteiger partial charge in [0.05, 0.1) is 23.4 Å². The highest BCUT2D eigenvalue weighted by molar-refractivity contribution is 7.11. The molecule has 0 unspecified atom stereocenters. The van der Waals surface area contributed by atoms with Crippen molar-refractivity contribution in [2.75, 3.05) is 7.11 Å². The summed E-state index contributed by atoms with van der Waals surface area (Å²) in [5, 5.41) is 10.7. The summed E-state index contributed by atoms with van der Waals surface area (Å²) in [4.78, 5) is 15.8. The fraction of sp³-hybridized carbons (Fsp3) is 0.600. The number of aliphatic hydroxyl groups is 1. The third-order valence-electron chi connectivity index (χ3n) is 1.95. The minimum atomic E-state index is -0.803. The summed E-state index contributed by atoms with van der Waals surface area (Å²) in [7, 11) is 1.31. The van der Waals surface area contributed by atoms with E-state index in [9.17, 15) is 9.90 Å². The van der Waals surface area contributed by atoms with E-state index in [2.05, 4.69) is 9.72 Å². The number of nitrogens with zero attached hydrogens (tertiary/aromatic N) is 1. The van der Waals surface area contributed by atoms with Crippen LogP contribution in [0.1, 0.15) is 42.2 Å². The molecule has 0 aliphatic heterocycles. The Morgan fingerprint density at radius 3 is 2.80 bits per heavy atom. The number of hydrogen-bond acceptors (Lipinski definition) is 5. The molecule has 4 nitrogen and oxygen atoms in total. The molecule has 0 saturated heterocycles. The Morgan fingerprint density at radius 2 is 2.33 bits per heavy atom. The SMILES string of the molecule is COC(=O)C[C@H](O)c1cnc(C(C)C)s1. The number of methoxy groups -OCH3 is 1. The first-order valence-corrected chi connectivity index (χ1v) is 5.56. The molecule has 1 N–H and O–H groups in total. The van der Waals surface area contributed by atoms with E-state index in [1.807, 2.05) is 13.8 Å². The van der Waals surface area contributed by atoms with Crippen molar-refractivity contribution in [1.82, 2.24) is 4.98 Å². The molecule has 1 atom stereocenters. The van der Waals surface area contributed by atoms with Crippen LogP contribution in [-0.4, -0.2) is 23.2 Å². The van der Waals surface area contributed by atoms with Gasteiger partial charge in [-0.05, 0) is 0 Å². The Morgan fingerprint density at radius 1 is 1.67 bits per heavy atom. The van der Waals surface area contributed by atoms with Crippen molar-refractivity contribution in [2.45, 2.75) is 32.3 Å². The zero-order chi connectivity index (χ0) is 11.4. The van der Waals surface area contributed by atoms with E-state index in [1.165, 1.54) is 18.4 Å². The van der Waals surface area contributed by atoms with Gasteiger partial charge in [0, 0.05) is 12.1 Å². The van der Waals surface area contributed by atoms with Crippen LogP contribution in [0.25, 0.3) is 0 Å². The first kappa shape index (κ1) is 12.1. The molecular formula is C10H15NO3S. The van der Waals surface area contributed by atoms with Crippen molar-refractivity contribution < 1.29 is 14.6 Å². The van der Waals surface area contributed by atoms with E-state index in [0.717, 1.165) is 5.01 Å². The Hall–Kier alpha value is -0.940. The maximum absolute atomic E-state index is 10.9. The smallest absolute Gasteiger partial charge is 0.308 e. The van der Waals surface area contributed by atoms with Crippen molar-refractivity contribution in [2.24, 2.45) is 0 Å². The van der Waals surface area contributed by atoms with Crippen LogP contribution >= 0.6 is 11.3 Å². The fourth-order valence-corrected chi connectivity index (χ4v) is 1.97. The summed E-state index contributed by atoms with van der Waals surface area (Å²) in [6.07, 6.45) is 0.798. The van der Waals surface area contributed by atoms with Crippen molar-refractivity contribution in [1.29, 1.82) is 0 Å². The van der Waals surface area contributed by atoms with Crippen molar-refractivity contribution in [3.05, 3.63) is 16.1 Å². The van der Waals surface area contributed by atoms with Crippen LogP contribution in [0, 0.1) is 0 Å². The lowest BCUT2D eigenvalue weighted by Gasteiger charge is -2.05. The monoisotopic (exact) mass is 229 g/mol. The van der Waals surface area contributed by atoms with Gasteiger partial charge in [0.25, 0.3) is 0 Å². The fourth-order valence-electron chi connectivity index (χ4n) is 1.06. The Balaban J connectivity index is 2.65. The molecule has 0 aliphatic rings. The second-order valence-electron chi connectivity index (χ2n) is 3.55. The Bertz CT molecular complexity index is 335. The van der Waals surface area contributed by atoms with Crippen LogP contribution in [0.4, 0.5) is 0 Å². The number of thiazole rings is 1. The van der Waals surface area contributed by atoms with Gasteiger partial charge >= 0.3 is 5.97 Å². The van der Waals surface area contributed by atoms with Gasteiger partial charge in [0.15, 0.2) is 0 Å². The standard InChI is InChI=1S/C10H15NO3S/c1-6(2)10-11-5-8(15-10)7(12)4-9(13)14-3/h5-7,12H,4H2,1-3H3/t7-/m0/s1. The third-order valence-corrected chi connectivity index (χ3v) is 3.35. The maximum Gasteiger partial charge on any atom is 0.308 e. The molecular weight excluding hydrogens is 214 g/mol. The number of rotatable bonds is 4. The summed E-state index contributed by atoms with van der Waals surface area (Å²) in [5.74, 6) is -0.0731.